The van der Waals surface area contributed by atoms with Gasteiger partial charge in [0, 0.05) is 44.8 Å². The Bertz CT molecular complexity index is 668. The second-order valence-electron chi connectivity index (χ2n) is 5.28. The summed E-state index contributed by atoms with van der Waals surface area (Å²) in [6.07, 6.45) is 2.74. The molecular weight excluding hydrogens is 304 g/mol. The summed E-state index contributed by atoms with van der Waals surface area (Å²) in [6.45, 7) is 4.89. The van der Waals surface area contributed by atoms with Gasteiger partial charge in [0.25, 0.3) is 0 Å². The van der Waals surface area contributed by atoms with Gasteiger partial charge in [-0.2, -0.15) is 5.10 Å². The molecule has 0 radical (unpaired) electrons. The van der Waals surface area contributed by atoms with Crippen molar-refractivity contribution in [3.8, 4) is 0 Å². The van der Waals surface area contributed by atoms with Crippen molar-refractivity contribution in [1.29, 1.82) is 0 Å². The summed E-state index contributed by atoms with van der Waals surface area (Å²) in [6, 6.07) is 0. The molecule has 22 heavy (non-hydrogen) atoms. The topological polar surface area (TPSA) is 80.3 Å². The average Bonchev–Trinajstić information content (AvgIpc) is 3.01. The molecule has 1 fully saturated rings. The summed E-state index contributed by atoms with van der Waals surface area (Å²) < 4.78 is 1.62. The van der Waals surface area contributed by atoms with Crippen molar-refractivity contribution in [2.24, 2.45) is 7.05 Å². The van der Waals surface area contributed by atoms with Gasteiger partial charge in [-0.15, -0.1) is 11.3 Å². The smallest absolute Gasteiger partial charge is 0.333 e. The quantitative estimate of drug-likeness (QED) is 0.633. The van der Waals surface area contributed by atoms with Crippen molar-refractivity contribution in [2.45, 2.75) is 13.3 Å². The van der Waals surface area contributed by atoms with Crippen molar-refractivity contribution in [3.63, 3.8) is 0 Å². The molecule has 2 aromatic heterocycles. The average molecular weight is 322 g/mol. The number of aromatic nitrogens is 3. The first-order chi connectivity index (χ1) is 10.6. The molecule has 0 aliphatic carbocycles. The summed E-state index contributed by atoms with van der Waals surface area (Å²) in [4.78, 5) is 19.7. The predicted molar refractivity (Wildman–Crippen MR) is 85.8 cm³/mol. The summed E-state index contributed by atoms with van der Waals surface area (Å²) in [5, 5.41) is 18.5. The van der Waals surface area contributed by atoms with Gasteiger partial charge in [0.1, 0.15) is 5.69 Å². The largest absolute Gasteiger partial charge is 0.349 e. The molecule has 3 rings (SSSR count). The number of nitro groups is 1. The zero-order valence-corrected chi connectivity index (χ0v) is 13.4. The van der Waals surface area contributed by atoms with Crippen LogP contribution in [0.15, 0.2) is 11.6 Å². The lowest BCUT2D eigenvalue weighted by Crippen LogP contribution is -2.32. The summed E-state index contributed by atoms with van der Waals surface area (Å²) in [7, 11) is 1.76. The highest BCUT2D eigenvalue weighted by Crippen LogP contribution is 2.32. The van der Waals surface area contributed by atoms with E-state index < -0.39 is 0 Å². The molecule has 1 saturated heterocycles. The first-order valence-corrected chi connectivity index (χ1v) is 8.03. The summed E-state index contributed by atoms with van der Waals surface area (Å²) >= 11 is 1.62. The van der Waals surface area contributed by atoms with Gasteiger partial charge < -0.3 is 9.80 Å². The lowest BCUT2D eigenvalue weighted by molar-refractivity contribution is -0.384. The normalized spacial score (nSPS) is 15.9. The molecule has 0 N–H and O–H groups in total. The molecule has 0 aromatic carbocycles. The third kappa shape index (κ3) is 2.63. The van der Waals surface area contributed by atoms with Gasteiger partial charge in [-0.05, 0) is 13.3 Å². The Hall–Kier alpha value is -2.16. The van der Waals surface area contributed by atoms with Crippen LogP contribution >= 0.6 is 11.3 Å². The minimum absolute atomic E-state index is 0.116. The van der Waals surface area contributed by atoms with E-state index in [4.69, 9.17) is 0 Å². The second kappa shape index (κ2) is 5.91. The predicted octanol–water partition coefficient (Wildman–Crippen LogP) is 1.81. The van der Waals surface area contributed by atoms with Crippen LogP contribution in [0.3, 0.4) is 0 Å². The highest BCUT2D eigenvalue weighted by Gasteiger charge is 2.29. The fourth-order valence-corrected chi connectivity index (χ4v) is 3.59. The lowest BCUT2D eigenvalue weighted by atomic mass is 10.3. The van der Waals surface area contributed by atoms with E-state index in [1.54, 1.807) is 36.2 Å². The van der Waals surface area contributed by atoms with Gasteiger partial charge in [0.2, 0.25) is 5.82 Å². The maximum absolute atomic E-state index is 11.3. The third-order valence-electron chi connectivity index (χ3n) is 3.83. The molecule has 8 nitrogen and oxygen atoms in total. The number of hydrogen-bond acceptors (Lipinski definition) is 7. The fraction of sp³-hybridized carbons (Fsp3) is 0.538. The minimum atomic E-state index is -0.332. The van der Waals surface area contributed by atoms with E-state index in [1.165, 1.54) is 0 Å². The SMILES string of the molecule is Cc1nn(C)c(N2CCCN(c3nccs3)CC2)c1[N+](=O)[O-]. The molecule has 3 heterocycles. The highest BCUT2D eigenvalue weighted by atomic mass is 32.1. The van der Waals surface area contributed by atoms with Crippen LogP contribution in [0.1, 0.15) is 12.1 Å². The van der Waals surface area contributed by atoms with Gasteiger partial charge in [-0.25, -0.2) is 9.67 Å². The van der Waals surface area contributed by atoms with Crippen LogP contribution in [-0.4, -0.2) is 45.9 Å². The van der Waals surface area contributed by atoms with E-state index >= 15 is 0 Å². The van der Waals surface area contributed by atoms with Crippen LogP contribution in [0, 0.1) is 17.0 Å². The molecule has 1 aliphatic rings. The number of rotatable bonds is 3. The molecule has 118 valence electrons. The number of anilines is 2. The van der Waals surface area contributed by atoms with Gasteiger partial charge in [-0.1, -0.05) is 0 Å². The molecule has 0 unspecified atom stereocenters. The monoisotopic (exact) mass is 322 g/mol. The van der Waals surface area contributed by atoms with E-state index in [2.05, 4.69) is 19.9 Å². The van der Waals surface area contributed by atoms with Gasteiger partial charge in [-0.3, -0.25) is 10.1 Å². The molecule has 0 bridgehead atoms. The number of hydrogen-bond donors (Lipinski definition) is 0. The molecular formula is C13H18N6O2S. The van der Waals surface area contributed by atoms with E-state index in [9.17, 15) is 10.1 Å². The maximum Gasteiger partial charge on any atom is 0.333 e. The Morgan fingerprint density at radius 3 is 2.68 bits per heavy atom. The Morgan fingerprint density at radius 2 is 2.00 bits per heavy atom. The molecule has 2 aromatic rings. The standard InChI is InChI=1S/C13H18N6O2S/c1-10-11(19(20)21)12(16(2)15-10)17-5-3-6-18(8-7-17)13-14-4-9-22-13/h4,9H,3,5-8H2,1-2H3. The van der Waals surface area contributed by atoms with Crippen molar-refractivity contribution in [2.75, 3.05) is 36.0 Å². The molecule has 1 aliphatic heterocycles. The van der Waals surface area contributed by atoms with Crippen LogP contribution in [0.5, 0.6) is 0 Å². The lowest BCUT2D eigenvalue weighted by Gasteiger charge is -2.22. The number of nitrogens with zero attached hydrogens (tertiary/aromatic N) is 6. The van der Waals surface area contributed by atoms with E-state index in [-0.39, 0.29) is 10.6 Å². The maximum atomic E-state index is 11.3. The first-order valence-electron chi connectivity index (χ1n) is 7.15. The summed E-state index contributed by atoms with van der Waals surface area (Å²) in [5.74, 6) is 0.600. The van der Waals surface area contributed by atoms with Crippen LogP contribution in [0.4, 0.5) is 16.6 Å². The fourth-order valence-electron chi connectivity index (χ4n) is 2.90. The highest BCUT2D eigenvalue weighted by molar-refractivity contribution is 7.13. The van der Waals surface area contributed by atoms with E-state index in [0.29, 0.717) is 11.5 Å². The van der Waals surface area contributed by atoms with E-state index in [1.807, 2.05) is 5.38 Å². The summed E-state index contributed by atoms with van der Waals surface area (Å²) in [5.41, 5.74) is 0.578. The van der Waals surface area contributed by atoms with Gasteiger partial charge in [0.15, 0.2) is 5.13 Å². The van der Waals surface area contributed by atoms with Crippen LogP contribution in [0.25, 0.3) is 0 Å². The van der Waals surface area contributed by atoms with Crippen molar-refractivity contribution >= 4 is 28.0 Å². The molecule has 0 atom stereocenters. The Morgan fingerprint density at radius 1 is 1.27 bits per heavy atom. The van der Waals surface area contributed by atoms with Crippen molar-refractivity contribution in [1.82, 2.24) is 14.8 Å². The Labute approximate surface area is 132 Å². The molecule has 0 amide bonds. The van der Waals surface area contributed by atoms with Crippen LogP contribution in [-0.2, 0) is 7.05 Å². The third-order valence-corrected chi connectivity index (χ3v) is 4.66. The van der Waals surface area contributed by atoms with E-state index in [0.717, 1.165) is 37.7 Å². The van der Waals surface area contributed by atoms with Crippen LogP contribution in [0.2, 0.25) is 0 Å². The van der Waals surface area contributed by atoms with Crippen molar-refractivity contribution < 1.29 is 4.92 Å². The molecule has 0 saturated carbocycles. The van der Waals surface area contributed by atoms with Gasteiger partial charge >= 0.3 is 5.69 Å². The number of aryl methyl sites for hydroxylation is 2. The van der Waals surface area contributed by atoms with Gasteiger partial charge in [0.05, 0.1) is 4.92 Å². The molecule has 9 heteroatoms. The zero-order chi connectivity index (χ0) is 15.7. The van der Waals surface area contributed by atoms with Crippen molar-refractivity contribution in [3.05, 3.63) is 27.4 Å². The second-order valence-corrected chi connectivity index (χ2v) is 6.15. The Kier molecular flexibility index (Phi) is 3.97. The zero-order valence-electron chi connectivity index (χ0n) is 12.6. The molecule has 0 spiro atoms. The number of thiazole rings is 1. The van der Waals surface area contributed by atoms with Crippen LogP contribution < -0.4 is 9.80 Å². The minimum Gasteiger partial charge on any atom is -0.349 e. The Balaban J connectivity index is 1.84. The first kappa shape index (κ1) is 14.8.